The minimum absolute atomic E-state index is 0.0108. The molecule has 0 fully saturated rings. The predicted molar refractivity (Wildman–Crippen MR) is 98.7 cm³/mol. The smallest absolute Gasteiger partial charge is 0.234 e. The average Bonchev–Trinajstić information content (AvgIpc) is 3.06. The van der Waals surface area contributed by atoms with Crippen LogP contribution in [0.25, 0.3) is 0 Å². The van der Waals surface area contributed by atoms with Gasteiger partial charge in [-0.15, -0.1) is 0 Å². The molecule has 0 radical (unpaired) electrons. The molecule has 0 bridgehead atoms. The summed E-state index contributed by atoms with van der Waals surface area (Å²) in [4.78, 5) is 11.6. The van der Waals surface area contributed by atoms with Gasteiger partial charge in [0.05, 0.1) is 14.2 Å². The average molecular weight is 395 g/mol. The molecule has 0 atom stereocenters. The fourth-order valence-electron chi connectivity index (χ4n) is 2.37. The monoisotopic (exact) mass is 394 g/mol. The fourth-order valence-corrected chi connectivity index (χ4v) is 2.73. The van der Waals surface area contributed by atoms with Gasteiger partial charge < -0.3 is 14.8 Å². The molecule has 10 heteroatoms. The van der Waals surface area contributed by atoms with Crippen LogP contribution in [0.15, 0.2) is 24.3 Å². The summed E-state index contributed by atoms with van der Waals surface area (Å²) in [6, 6.07) is 7.73. The summed E-state index contributed by atoms with van der Waals surface area (Å²) in [5.74, 6) is 2.21. The van der Waals surface area contributed by atoms with E-state index in [2.05, 4.69) is 30.5 Å². The van der Waals surface area contributed by atoms with Gasteiger partial charge in [0.1, 0.15) is 0 Å². The van der Waals surface area contributed by atoms with Gasteiger partial charge >= 0.3 is 0 Å². The lowest BCUT2D eigenvalue weighted by molar-refractivity contribution is 0.354. The fraction of sp³-hybridized carbons (Fsp3) is 0.250. The minimum Gasteiger partial charge on any atom is -0.493 e. The summed E-state index contributed by atoms with van der Waals surface area (Å²) in [7, 11) is 3.23. The number of aryl methyl sites for hydroxylation is 2. The molecule has 2 heterocycles. The number of H-pyrrole nitrogens is 1. The third-order valence-electron chi connectivity index (χ3n) is 3.58. The molecule has 2 aromatic heterocycles. The molecule has 0 saturated carbocycles. The van der Waals surface area contributed by atoms with Crippen LogP contribution in [0, 0.1) is 0 Å². The van der Waals surface area contributed by atoms with Crippen LogP contribution in [-0.2, 0) is 12.8 Å². The molecular formula is C16H16Cl2N6O2. The van der Waals surface area contributed by atoms with Crippen LogP contribution in [0.3, 0.4) is 0 Å². The van der Waals surface area contributed by atoms with Crippen molar-refractivity contribution >= 4 is 35.0 Å². The molecule has 0 amide bonds. The van der Waals surface area contributed by atoms with Crippen LogP contribution in [0.1, 0.15) is 11.3 Å². The number of benzene rings is 1. The molecule has 0 spiro atoms. The number of hydrogen-bond donors (Lipinski definition) is 2. The van der Waals surface area contributed by atoms with E-state index in [-0.39, 0.29) is 16.5 Å². The Morgan fingerprint density at radius 3 is 2.38 bits per heavy atom. The van der Waals surface area contributed by atoms with Crippen molar-refractivity contribution in [3.8, 4) is 11.5 Å². The minimum atomic E-state index is 0.0108. The Bertz CT molecular complexity index is 882. The lowest BCUT2D eigenvalue weighted by Gasteiger charge is -2.09. The summed E-state index contributed by atoms with van der Waals surface area (Å²) in [6.07, 6.45) is 1.58. The topological polar surface area (TPSA) is 97.8 Å². The maximum atomic E-state index is 5.75. The number of aromatic amines is 1. The van der Waals surface area contributed by atoms with Crippen molar-refractivity contribution in [1.29, 1.82) is 0 Å². The second-order valence-electron chi connectivity index (χ2n) is 5.29. The lowest BCUT2D eigenvalue weighted by Crippen LogP contribution is -1.99. The molecule has 3 aromatic rings. The van der Waals surface area contributed by atoms with Gasteiger partial charge in [-0.25, -0.2) is 0 Å². The molecular weight excluding hydrogens is 379 g/mol. The first-order valence-corrected chi connectivity index (χ1v) is 8.42. The van der Waals surface area contributed by atoms with Gasteiger partial charge in [0.15, 0.2) is 17.3 Å². The normalized spacial score (nSPS) is 10.6. The first-order valence-electron chi connectivity index (χ1n) is 7.66. The number of aromatic nitrogens is 5. The number of nitrogens with one attached hydrogen (secondary N) is 2. The standard InChI is InChI=1S/C16H16Cl2N6O2/c1-25-11-6-4-9(7-12(11)26-2)3-5-10-8-13(24-23-10)19-16-21-14(17)20-15(18)22-16/h4,6-8H,3,5H2,1-2H3,(H2,19,20,21,22,23,24). The van der Waals surface area contributed by atoms with Gasteiger partial charge in [0, 0.05) is 11.8 Å². The zero-order chi connectivity index (χ0) is 18.5. The summed E-state index contributed by atoms with van der Waals surface area (Å²) in [5, 5.41) is 10.1. The van der Waals surface area contributed by atoms with E-state index in [1.54, 1.807) is 14.2 Å². The van der Waals surface area contributed by atoms with E-state index < -0.39 is 0 Å². The van der Waals surface area contributed by atoms with Crippen molar-refractivity contribution in [2.75, 3.05) is 19.5 Å². The van der Waals surface area contributed by atoms with Crippen molar-refractivity contribution in [1.82, 2.24) is 25.1 Å². The van der Waals surface area contributed by atoms with E-state index in [0.29, 0.717) is 17.3 Å². The Morgan fingerprint density at radius 2 is 1.69 bits per heavy atom. The zero-order valence-corrected chi connectivity index (χ0v) is 15.6. The summed E-state index contributed by atoms with van der Waals surface area (Å²) >= 11 is 11.5. The van der Waals surface area contributed by atoms with Gasteiger partial charge in [0.25, 0.3) is 0 Å². The second kappa shape index (κ2) is 8.20. The number of halogens is 2. The summed E-state index contributed by atoms with van der Waals surface area (Å²) in [5.41, 5.74) is 2.08. The van der Waals surface area contributed by atoms with Crippen molar-refractivity contribution < 1.29 is 9.47 Å². The van der Waals surface area contributed by atoms with Crippen molar-refractivity contribution in [3.05, 3.63) is 46.1 Å². The Morgan fingerprint density at radius 1 is 0.962 bits per heavy atom. The SMILES string of the molecule is COc1ccc(CCc2cc(Nc3nc(Cl)nc(Cl)n3)n[nH]2)cc1OC. The lowest BCUT2D eigenvalue weighted by atomic mass is 10.1. The van der Waals surface area contributed by atoms with Crippen molar-refractivity contribution in [2.24, 2.45) is 0 Å². The highest BCUT2D eigenvalue weighted by Gasteiger charge is 2.08. The molecule has 0 aliphatic rings. The molecule has 0 aliphatic carbocycles. The van der Waals surface area contributed by atoms with E-state index in [1.165, 1.54) is 0 Å². The Kier molecular flexibility index (Phi) is 5.75. The Labute approximate surface area is 159 Å². The first-order chi connectivity index (χ1) is 12.6. The number of anilines is 2. The zero-order valence-electron chi connectivity index (χ0n) is 14.1. The van der Waals surface area contributed by atoms with Crippen LogP contribution in [0.4, 0.5) is 11.8 Å². The van der Waals surface area contributed by atoms with Gasteiger partial charge in [-0.05, 0) is 53.7 Å². The number of hydrogen-bond acceptors (Lipinski definition) is 7. The van der Waals surface area contributed by atoms with Crippen LogP contribution < -0.4 is 14.8 Å². The van der Waals surface area contributed by atoms with Crippen molar-refractivity contribution in [2.45, 2.75) is 12.8 Å². The van der Waals surface area contributed by atoms with Crippen LogP contribution in [0.2, 0.25) is 10.6 Å². The largest absolute Gasteiger partial charge is 0.493 e. The molecule has 0 unspecified atom stereocenters. The Hall–Kier alpha value is -2.58. The molecule has 8 nitrogen and oxygen atoms in total. The molecule has 0 saturated heterocycles. The van der Waals surface area contributed by atoms with E-state index in [1.807, 2.05) is 24.3 Å². The molecule has 0 aliphatic heterocycles. The van der Waals surface area contributed by atoms with Gasteiger partial charge in [0.2, 0.25) is 16.5 Å². The number of rotatable bonds is 7. The van der Waals surface area contributed by atoms with Crippen molar-refractivity contribution in [3.63, 3.8) is 0 Å². The summed E-state index contributed by atoms with van der Waals surface area (Å²) < 4.78 is 10.6. The number of nitrogens with zero attached hydrogens (tertiary/aromatic N) is 4. The summed E-state index contributed by atoms with van der Waals surface area (Å²) in [6.45, 7) is 0. The van der Waals surface area contributed by atoms with Crippen LogP contribution in [-0.4, -0.2) is 39.4 Å². The van der Waals surface area contributed by atoms with E-state index in [4.69, 9.17) is 32.7 Å². The second-order valence-corrected chi connectivity index (χ2v) is 5.97. The van der Waals surface area contributed by atoms with Crippen LogP contribution in [0.5, 0.6) is 11.5 Å². The third kappa shape index (κ3) is 4.53. The van der Waals surface area contributed by atoms with Gasteiger partial charge in [-0.2, -0.15) is 20.1 Å². The van der Waals surface area contributed by atoms with E-state index in [0.717, 1.165) is 24.1 Å². The van der Waals surface area contributed by atoms with E-state index in [9.17, 15) is 0 Å². The van der Waals surface area contributed by atoms with Gasteiger partial charge in [-0.1, -0.05) is 6.07 Å². The molecule has 2 N–H and O–H groups in total. The highest BCUT2D eigenvalue weighted by atomic mass is 35.5. The third-order valence-corrected chi connectivity index (χ3v) is 3.92. The number of methoxy groups -OCH3 is 2. The maximum Gasteiger partial charge on any atom is 0.234 e. The highest BCUT2D eigenvalue weighted by Crippen LogP contribution is 2.28. The van der Waals surface area contributed by atoms with Gasteiger partial charge in [-0.3, -0.25) is 5.10 Å². The molecule has 26 heavy (non-hydrogen) atoms. The molecule has 136 valence electrons. The maximum absolute atomic E-state index is 5.75. The molecule has 1 aromatic carbocycles. The Balaban J connectivity index is 1.63. The van der Waals surface area contributed by atoms with Crippen LogP contribution >= 0.6 is 23.2 Å². The predicted octanol–water partition coefficient (Wildman–Crippen LogP) is 3.45. The first kappa shape index (κ1) is 18.2. The quantitative estimate of drug-likeness (QED) is 0.632. The highest BCUT2D eigenvalue weighted by molar-refractivity contribution is 6.31. The van der Waals surface area contributed by atoms with E-state index >= 15 is 0 Å². The number of ether oxygens (including phenoxy) is 2. The molecule has 3 rings (SSSR count).